The SMILES string of the molecule is Cc1ccc(-c2ccc3ccc(-c4ccc(C)cc4)cc3c2)cc1. The second-order valence-electron chi connectivity index (χ2n) is 6.51. The molecule has 0 aliphatic heterocycles. The van der Waals surface area contributed by atoms with Crippen molar-refractivity contribution in [2.24, 2.45) is 0 Å². The van der Waals surface area contributed by atoms with Gasteiger partial charge in [-0.1, -0.05) is 83.9 Å². The lowest BCUT2D eigenvalue weighted by atomic mass is 9.97. The lowest BCUT2D eigenvalue weighted by Crippen LogP contribution is -1.82. The van der Waals surface area contributed by atoms with Gasteiger partial charge in [0.2, 0.25) is 0 Å². The normalized spacial score (nSPS) is 10.9. The van der Waals surface area contributed by atoms with E-state index in [1.807, 2.05) is 0 Å². The summed E-state index contributed by atoms with van der Waals surface area (Å²) < 4.78 is 0. The highest BCUT2D eigenvalue weighted by Crippen LogP contribution is 2.29. The summed E-state index contributed by atoms with van der Waals surface area (Å²) in [5.41, 5.74) is 7.65. The number of fused-ring (bicyclic) bond motifs is 1. The van der Waals surface area contributed by atoms with Crippen LogP contribution in [0.5, 0.6) is 0 Å². The summed E-state index contributed by atoms with van der Waals surface area (Å²) in [4.78, 5) is 0. The molecule has 24 heavy (non-hydrogen) atoms. The number of hydrogen-bond acceptors (Lipinski definition) is 0. The molecule has 0 N–H and O–H groups in total. The average Bonchev–Trinajstić information content (AvgIpc) is 2.62. The van der Waals surface area contributed by atoms with Gasteiger partial charge < -0.3 is 0 Å². The predicted molar refractivity (Wildman–Crippen MR) is 104 cm³/mol. The van der Waals surface area contributed by atoms with Gasteiger partial charge >= 0.3 is 0 Å². The Balaban J connectivity index is 1.80. The fourth-order valence-corrected chi connectivity index (χ4v) is 3.10. The first kappa shape index (κ1) is 14.7. The number of aryl methyl sites for hydroxylation is 2. The summed E-state index contributed by atoms with van der Waals surface area (Å²) in [5, 5.41) is 2.56. The molecule has 0 heteroatoms. The van der Waals surface area contributed by atoms with Gasteiger partial charge in [0, 0.05) is 0 Å². The predicted octanol–water partition coefficient (Wildman–Crippen LogP) is 6.79. The fraction of sp³-hybridized carbons (Fsp3) is 0.0833. The zero-order chi connectivity index (χ0) is 16.5. The van der Waals surface area contributed by atoms with Crippen molar-refractivity contribution in [3.05, 3.63) is 96.1 Å². The molecule has 0 atom stereocenters. The van der Waals surface area contributed by atoms with E-state index in [1.54, 1.807) is 0 Å². The second kappa shape index (κ2) is 5.98. The molecule has 0 saturated carbocycles. The number of hydrogen-bond donors (Lipinski definition) is 0. The van der Waals surface area contributed by atoms with E-state index in [0.717, 1.165) is 0 Å². The van der Waals surface area contributed by atoms with E-state index in [2.05, 4.69) is 98.8 Å². The highest BCUT2D eigenvalue weighted by Gasteiger charge is 2.03. The number of benzene rings is 4. The van der Waals surface area contributed by atoms with Gasteiger partial charge in [-0.2, -0.15) is 0 Å². The molecule has 0 aliphatic carbocycles. The Bertz CT molecular complexity index is 910. The Morgan fingerprint density at radius 1 is 0.375 bits per heavy atom. The molecule has 0 nitrogen and oxygen atoms in total. The van der Waals surface area contributed by atoms with E-state index in [1.165, 1.54) is 44.2 Å². The maximum atomic E-state index is 2.29. The average molecular weight is 308 g/mol. The van der Waals surface area contributed by atoms with Crippen LogP contribution in [0.1, 0.15) is 11.1 Å². The van der Waals surface area contributed by atoms with Gasteiger partial charge in [-0.05, 0) is 59.0 Å². The molecule has 0 fully saturated rings. The Kier molecular flexibility index (Phi) is 3.66. The van der Waals surface area contributed by atoms with Crippen LogP contribution in [-0.4, -0.2) is 0 Å². The molecule has 0 spiro atoms. The van der Waals surface area contributed by atoms with Gasteiger partial charge in [0.15, 0.2) is 0 Å². The minimum atomic E-state index is 1.27. The molecule has 0 radical (unpaired) electrons. The molecule has 116 valence electrons. The molecule has 0 aliphatic rings. The Labute approximate surface area is 143 Å². The van der Waals surface area contributed by atoms with E-state index < -0.39 is 0 Å². The maximum absolute atomic E-state index is 2.29. The minimum absolute atomic E-state index is 1.27. The largest absolute Gasteiger partial charge is 0.0587 e. The molecule has 0 saturated heterocycles. The highest BCUT2D eigenvalue weighted by atomic mass is 14.1. The van der Waals surface area contributed by atoms with Crippen LogP contribution >= 0.6 is 0 Å². The van der Waals surface area contributed by atoms with Crippen molar-refractivity contribution in [1.29, 1.82) is 0 Å². The summed E-state index contributed by atoms with van der Waals surface area (Å²) in [6, 6.07) is 30.9. The molecule has 0 unspecified atom stereocenters. The minimum Gasteiger partial charge on any atom is -0.0587 e. The van der Waals surface area contributed by atoms with Crippen molar-refractivity contribution < 1.29 is 0 Å². The first-order chi connectivity index (χ1) is 11.7. The zero-order valence-electron chi connectivity index (χ0n) is 14.1. The van der Waals surface area contributed by atoms with Crippen LogP contribution in [0.4, 0.5) is 0 Å². The van der Waals surface area contributed by atoms with Gasteiger partial charge in [-0.25, -0.2) is 0 Å². The van der Waals surface area contributed by atoms with Crippen molar-refractivity contribution >= 4 is 10.8 Å². The van der Waals surface area contributed by atoms with Gasteiger partial charge in [0.25, 0.3) is 0 Å². The van der Waals surface area contributed by atoms with Crippen LogP contribution in [0.15, 0.2) is 84.9 Å². The van der Waals surface area contributed by atoms with E-state index in [9.17, 15) is 0 Å². The van der Waals surface area contributed by atoms with Crippen LogP contribution in [0.25, 0.3) is 33.0 Å². The molecule has 4 aromatic rings. The number of rotatable bonds is 2. The van der Waals surface area contributed by atoms with Gasteiger partial charge in [-0.3, -0.25) is 0 Å². The summed E-state index contributed by atoms with van der Waals surface area (Å²) in [5.74, 6) is 0. The molecule has 0 bridgehead atoms. The van der Waals surface area contributed by atoms with Crippen molar-refractivity contribution in [3.8, 4) is 22.3 Å². The van der Waals surface area contributed by atoms with E-state index >= 15 is 0 Å². The van der Waals surface area contributed by atoms with Crippen LogP contribution in [0, 0.1) is 13.8 Å². The molecule has 0 amide bonds. The molecule has 4 aromatic carbocycles. The second-order valence-corrected chi connectivity index (χ2v) is 6.51. The van der Waals surface area contributed by atoms with Crippen LogP contribution < -0.4 is 0 Å². The van der Waals surface area contributed by atoms with Crippen LogP contribution in [0.3, 0.4) is 0 Å². The van der Waals surface area contributed by atoms with E-state index in [0.29, 0.717) is 0 Å². The van der Waals surface area contributed by atoms with Crippen molar-refractivity contribution in [2.75, 3.05) is 0 Å². The Hall–Kier alpha value is -2.86. The van der Waals surface area contributed by atoms with E-state index in [-0.39, 0.29) is 0 Å². The summed E-state index contributed by atoms with van der Waals surface area (Å²) >= 11 is 0. The van der Waals surface area contributed by atoms with Crippen molar-refractivity contribution in [3.63, 3.8) is 0 Å². The van der Waals surface area contributed by atoms with Gasteiger partial charge in [0.1, 0.15) is 0 Å². The monoisotopic (exact) mass is 308 g/mol. The molecule has 0 heterocycles. The van der Waals surface area contributed by atoms with Crippen molar-refractivity contribution in [1.82, 2.24) is 0 Å². The smallest absolute Gasteiger partial charge is 0.0172 e. The van der Waals surface area contributed by atoms with Gasteiger partial charge in [0.05, 0.1) is 0 Å². The summed E-state index contributed by atoms with van der Waals surface area (Å²) in [6.07, 6.45) is 0. The van der Waals surface area contributed by atoms with Crippen LogP contribution in [-0.2, 0) is 0 Å². The summed E-state index contributed by atoms with van der Waals surface area (Å²) in [7, 11) is 0. The molecular weight excluding hydrogens is 288 g/mol. The zero-order valence-corrected chi connectivity index (χ0v) is 14.1. The maximum Gasteiger partial charge on any atom is -0.0172 e. The first-order valence-corrected chi connectivity index (χ1v) is 8.37. The quantitative estimate of drug-likeness (QED) is 0.382. The standard InChI is InChI=1S/C24H20/c1-17-3-7-19(8-4-17)22-13-11-21-12-14-23(16-24(21)15-22)20-9-5-18(2)6-10-20/h3-16H,1-2H3. The molecular formula is C24H20. The van der Waals surface area contributed by atoms with Gasteiger partial charge in [-0.15, -0.1) is 0 Å². The Morgan fingerprint density at radius 2 is 0.750 bits per heavy atom. The third-order valence-electron chi connectivity index (χ3n) is 4.61. The Morgan fingerprint density at radius 3 is 1.17 bits per heavy atom. The summed E-state index contributed by atoms with van der Waals surface area (Å²) in [6.45, 7) is 4.25. The molecule has 0 aromatic heterocycles. The third kappa shape index (κ3) is 2.83. The molecule has 4 rings (SSSR count). The lowest BCUT2D eigenvalue weighted by Gasteiger charge is -2.08. The highest BCUT2D eigenvalue weighted by molar-refractivity contribution is 5.90. The fourth-order valence-electron chi connectivity index (χ4n) is 3.10. The van der Waals surface area contributed by atoms with Crippen LogP contribution in [0.2, 0.25) is 0 Å². The third-order valence-corrected chi connectivity index (χ3v) is 4.61. The topological polar surface area (TPSA) is 0 Å². The lowest BCUT2D eigenvalue weighted by molar-refractivity contribution is 1.47. The van der Waals surface area contributed by atoms with E-state index in [4.69, 9.17) is 0 Å². The van der Waals surface area contributed by atoms with Crippen molar-refractivity contribution in [2.45, 2.75) is 13.8 Å². The first-order valence-electron chi connectivity index (χ1n) is 8.37.